The van der Waals surface area contributed by atoms with Crippen molar-refractivity contribution in [2.75, 3.05) is 40.3 Å². The number of rotatable bonds is 9. The van der Waals surface area contributed by atoms with E-state index in [1.807, 2.05) is 37.2 Å². The Morgan fingerprint density at radius 2 is 1.82 bits per heavy atom. The normalized spacial score (nSPS) is 10.7. The number of nitrogens with one attached hydrogen (secondary N) is 2. The highest BCUT2D eigenvalue weighted by atomic mass is 16.5. The molecule has 1 aromatic rings. The highest BCUT2D eigenvalue weighted by molar-refractivity contribution is 5.87. The van der Waals surface area contributed by atoms with E-state index in [4.69, 9.17) is 4.74 Å². The molecular formula is C16H23N3O3. The van der Waals surface area contributed by atoms with E-state index in [0.29, 0.717) is 25.4 Å². The van der Waals surface area contributed by atoms with E-state index in [-0.39, 0.29) is 18.4 Å². The van der Waals surface area contributed by atoms with Gasteiger partial charge in [-0.2, -0.15) is 0 Å². The van der Waals surface area contributed by atoms with Gasteiger partial charge in [-0.1, -0.05) is 24.3 Å². The van der Waals surface area contributed by atoms with Crippen LogP contribution in [-0.4, -0.2) is 57.1 Å². The smallest absolute Gasteiger partial charge is 0.258 e. The SMILES string of the molecule is CN(C)C/C=C/C(=O)NCCNC(=O)COc1ccccc1. The zero-order chi connectivity index (χ0) is 16.2. The summed E-state index contributed by atoms with van der Waals surface area (Å²) < 4.78 is 5.31. The highest BCUT2D eigenvalue weighted by Gasteiger charge is 2.02. The zero-order valence-corrected chi connectivity index (χ0v) is 13.0. The lowest BCUT2D eigenvalue weighted by atomic mass is 10.3. The van der Waals surface area contributed by atoms with Crippen molar-refractivity contribution in [1.29, 1.82) is 0 Å². The van der Waals surface area contributed by atoms with Crippen LogP contribution in [0.25, 0.3) is 0 Å². The molecule has 2 N–H and O–H groups in total. The second kappa shape index (κ2) is 10.4. The molecule has 0 fully saturated rings. The Labute approximate surface area is 131 Å². The van der Waals surface area contributed by atoms with Crippen molar-refractivity contribution in [2.45, 2.75) is 0 Å². The van der Waals surface area contributed by atoms with Crippen molar-refractivity contribution in [3.63, 3.8) is 0 Å². The molecule has 0 heterocycles. The van der Waals surface area contributed by atoms with E-state index in [9.17, 15) is 9.59 Å². The monoisotopic (exact) mass is 305 g/mol. The maximum absolute atomic E-state index is 11.5. The van der Waals surface area contributed by atoms with Crippen LogP contribution >= 0.6 is 0 Å². The molecule has 0 atom stereocenters. The molecule has 0 aliphatic rings. The van der Waals surface area contributed by atoms with Crippen molar-refractivity contribution in [2.24, 2.45) is 0 Å². The molecule has 0 saturated carbocycles. The number of benzene rings is 1. The molecule has 2 amide bonds. The van der Waals surface area contributed by atoms with Gasteiger partial charge in [0.2, 0.25) is 5.91 Å². The molecule has 22 heavy (non-hydrogen) atoms. The summed E-state index contributed by atoms with van der Waals surface area (Å²) in [6.07, 6.45) is 3.27. The van der Waals surface area contributed by atoms with E-state index in [1.165, 1.54) is 6.08 Å². The summed E-state index contributed by atoms with van der Waals surface area (Å²) in [6.45, 7) is 1.41. The summed E-state index contributed by atoms with van der Waals surface area (Å²) in [4.78, 5) is 24.9. The Bertz CT molecular complexity index is 487. The second-order valence-electron chi connectivity index (χ2n) is 4.91. The number of carbonyl (C=O) groups is 2. The third kappa shape index (κ3) is 8.76. The van der Waals surface area contributed by atoms with Gasteiger partial charge in [-0.05, 0) is 26.2 Å². The second-order valence-corrected chi connectivity index (χ2v) is 4.91. The fourth-order valence-corrected chi connectivity index (χ4v) is 1.53. The van der Waals surface area contributed by atoms with E-state index < -0.39 is 0 Å². The minimum absolute atomic E-state index is 0.0410. The fourth-order valence-electron chi connectivity index (χ4n) is 1.53. The number of para-hydroxylation sites is 1. The summed E-state index contributed by atoms with van der Waals surface area (Å²) in [6, 6.07) is 9.13. The van der Waals surface area contributed by atoms with Crippen LogP contribution in [-0.2, 0) is 9.59 Å². The van der Waals surface area contributed by atoms with Crippen molar-refractivity contribution < 1.29 is 14.3 Å². The molecule has 0 aliphatic heterocycles. The minimum Gasteiger partial charge on any atom is -0.484 e. The Kier molecular flexibility index (Phi) is 8.37. The largest absolute Gasteiger partial charge is 0.484 e. The maximum atomic E-state index is 11.5. The molecule has 0 bridgehead atoms. The Hall–Kier alpha value is -2.34. The molecule has 0 unspecified atom stereocenters. The molecule has 1 aromatic carbocycles. The molecule has 0 spiro atoms. The number of amides is 2. The van der Waals surface area contributed by atoms with Crippen molar-refractivity contribution >= 4 is 11.8 Å². The first kappa shape index (κ1) is 17.7. The van der Waals surface area contributed by atoms with Crippen molar-refractivity contribution in [1.82, 2.24) is 15.5 Å². The molecule has 6 nitrogen and oxygen atoms in total. The van der Waals surface area contributed by atoms with Crippen LogP contribution in [0.1, 0.15) is 0 Å². The fraction of sp³-hybridized carbons (Fsp3) is 0.375. The number of hydrogen-bond acceptors (Lipinski definition) is 4. The Morgan fingerprint density at radius 1 is 1.14 bits per heavy atom. The standard InChI is InChI=1S/C16H23N3O3/c1-19(2)12-6-9-15(20)17-10-11-18-16(21)13-22-14-7-4-3-5-8-14/h3-9H,10-13H2,1-2H3,(H,17,20)(H,18,21)/b9-6+. The van der Waals surface area contributed by atoms with Crippen LogP contribution in [0.5, 0.6) is 5.75 Å². The molecule has 6 heteroatoms. The van der Waals surface area contributed by atoms with E-state index in [0.717, 1.165) is 0 Å². The predicted molar refractivity (Wildman–Crippen MR) is 85.7 cm³/mol. The minimum atomic E-state index is -0.221. The zero-order valence-electron chi connectivity index (χ0n) is 13.0. The van der Waals surface area contributed by atoms with Gasteiger partial charge in [0.1, 0.15) is 5.75 Å². The first-order valence-corrected chi connectivity index (χ1v) is 7.11. The third-order valence-corrected chi connectivity index (χ3v) is 2.60. The van der Waals surface area contributed by atoms with Crippen LogP contribution in [0.2, 0.25) is 0 Å². The average Bonchev–Trinajstić information content (AvgIpc) is 2.50. The van der Waals surface area contributed by atoms with Gasteiger partial charge >= 0.3 is 0 Å². The molecule has 0 aliphatic carbocycles. The molecular weight excluding hydrogens is 282 g/mol. The van der Waals surface area contributed by atoms with Crippen LogP contribution in [0.15, 0.2) is 42.5 Å². The van der Waals surface area contributed by atoms with Crippen LogP contribution in [0.4, 0.5) is 0 Å². The van der Waals surface area contributed by atoms with Crippen LogP contribution < -0.4 is 15.4 Å². The van der Waals surface area contributed by atoms with Crippen LogP contribution in [0.3, 0.4) is 0 Å². The number of carbonyl (C=O) groups excluding carboxylic acids is 2. The molecule has 120 valence electrons. The predicted octanol–water partition coefficient (Wildman–Crippen LogP) is 0.416. The summed E-state index contributed by atoms with van der Waals surface area (Å²) in [5.74, 6) is 0.259. The van der Waals surface area contributed by atoms with Gasteiger partial charge in [0.05, 0.1) is 0 Å². The Balaban J connectivity index is 2.07. The van der Waals surface area contributed by atoms with Gasteiger partial charge in [0.25, 0.3) is 5.91 Å². The Morgan fingerprint density at radius 3 is 2.50 bits per heavy atom. The van der Waals surface area contributed by atoms with Gasteiger partial charge in [0, 0.05) is 25.7 Å². The summed E-state index contributed by atoms with van der Waals surface area (Å²) in [5.41, 5.74) is 0. The highest BCUT2D eigenvalue weighted by Crippen LogP contribution is 2.07. The van der Waals surface area contributed by atoms with E-state index in [2.05, 4.69) is 10.6 Å². The molecule has 1 rings (SSSR count). The van der Waals surface area contributed by atoms with Gasteiger partial charge in [-0.25, -0.2) is 0 Å². The summed E-state index contributed by atoms with van der Waals surface area (Å²) in [5, 5.41) is 5.36. The van der Waals surface area contributed by atoms with Gasteiger partial charge < -0.3 is 20.3 Å². The van der Waals surface area contributed by atoms with Crippen LogP contribution in [0, 0.1) is 0 Å². The van der Waals surface area contributed by atoms with Gasteiger partial charge in [-0.15, -0.1) is 0 Å². The number of nitrogens with zero attached hydrogens (tertiary/aromatic N) is 1. The summed E-state index contributed by atoms with van der Waals surface area (Å²) in [7, 11) is 3.85. The number of ether oxygens (including phenoxy) is 1. The molecule has 0 aromatic heterocycles. The third-order valence-electron chi connectivity index (χ3n) is 2.60. The number of likely N-dealkylation sites (N-methyl/N-ethyl adjacent to an activating group) is 1. The van der Waals surface area contributed by atoms with Gasteiger partial charge in [0.15, 0.2) is 6.61 Å². The van der Waals surface area contributed by atoms with E-state index in [1.54, 1.807) is 18.2 Å². The summed E-state index contributed by atoms with van der Waals surface area (Å²) >= 11 is 0. The lowest BCUT2D eigenvalue weighted by Gasteiger charge is -2.08. The maximum Gasteiger partial charge on any atom is 0.258 e. The average molecular weight is 305 g/mol. The van der Waals surface area contributed by atoms with Crippen molar-refractivity contribution in [3.8, 4) is 5.75 Å². The number of hydrogen-bond donors (Lipinski definition) is 2. The van der Waals surface area contributed by atoms with E-state index >= 15 is 0 Å². The first-order chi connectivity index (χ1) is 10.6. The first-order valence-electron chi connectivity index (χ1n) is 7.11. The van der Waals surface area contributed by atoms with Crippen molar-refractivity contribution in [3.05, 3.63) is 42.5 Å². The lowest BCUT2D eigenvalue weighted by Crippen LogP contribution is -2.36. The molecule has 0 radical (unpaired) electrons. The quantitative estimate of drug-likeness (QED) is 0.512. The molecule has 0 saturated heterocycles. The topological polar surface area (TPSA) is 70.7 Å². The van der Waals surface area contributed by atoms with Gasteiger partial charge in [-0.3, -0.25) is 9.59 Å². The lowest BCUT2D eigenvalue weighted by molar-refractivity contribution is -0.123.